The quantitative estimate of drug-likeness (QED) is 0.643. The number of imide groups is 1. The van der Waals surface area contributed by atoms with E-state index in [1.165, 1.54) is 0 Å². The molecule has 4 atom stereocenters. The molecule has 2 saturated carbocycles. The van der Waals surface area contributed by atoms with Gasteiger partial charge in [0.25, 0.3) is 12.3 Å². The van der Waals surface area contributed by atoms with E-state index >= 15 is 0 Å². The summed E-state index contributed by atoms with van der Waals surface area (Å²) in [5.74, 6) is 0.613. The number of halogens is 2. The van der Waals surface area contributed by atoms with Gasteiger partial charge in [0.2, 0.25) is 0 Å². The highest BCUT2D eigenvalue weighted by atomic mass is 19.3. The minimum atomic E-state index is -2.78. The van der Waals surface area contributed by atoms with Crippen LogP contribution < -0.4 is 10.1 Å². The lowest BCUT2D eigenvalue weighted by molar-refractivity contribution is -0.136. The molecule has 1 aliphatic heterocycles. The van der Waals surface area contributed by atoms with E-state index in [1.807, 2.05) is 18.2 Å². The van der Waals surface area contributed by atoms with Crippen molar-refractivity contribution in [3.8, 4) is 5.75 Å². The van der Waals surface area contributed by atoms with Crippen LogP contribution >= 0.6 is 0 Å². The number of rotatable bonds is 7. The fraction of sp³-hybridized carbons (Fsp3) is 0.667. The first-order valence-corrected chi connectivity index (χ1v) is 11.6. The Morgan fingerprint density at radius 2 is 2.03 bits per heavy atom. The third kappa shape index (κ3) is 3.66. The summed E-state index contributed by atoms with van der Waals surface area (Å²) in [6, 6.07) is 4.98. The molecule has 1 aromatic carbocycles. The number of alkyl halides is 2. The van der Waals surface area contributed by atoms with Crippen molar-refractivity contribution in [2.75, 3.05) is 20.3 Å². The van der Waals surface area contributed by atoms with Gasteiger partial charge in [0, 0.05) is 13.0 Å². The Balaban J connectivity index is 1.52. The van der Waals surface area contributed by atoms with Crippen molar-refractivity contribution in [3.05, 3.63) is 29.3 Å². The highest BCUT2D eigenvalue weighted by molar-refractivity contribution is 6.08. The Bertz CT molecular complexity index is 906. The minimum absolute atomic E-state index is 0.108. The topological polar surface area (TPSA) is 67.9 Å². The Labute approximate surface area is 186 Å². The number of benzene rings is 1. The van der Waals surface area contributed by atoms with E-state index in [2.05, 4.69) is 5.32 Å². The van der Waals surface area contributed by atoms with Gasteiger partial charge in [0.15, 0.2) is 5.54 Å². The molecule has 1 N–H and O–H groups in total. The summed E-state index contributed by atoms with van der Waals surface area (Å²) in [5, 5.41) is 2.88. The van der Waals surface area contributed by atoms with Crippen LogP contribution in [0, 0.1) is 17.8 Å². The molecule has 1 aromatic rings. The predicted octanol–water partition coefficient (Wildman–Crippen LogP) is 3.87. The maximum absolute atomic E-state index is 13.7. The van der Waals surface area contributed by atoms with Gasteiger partial charge in [-0.1, -0.05) is 12.5 Å². The van der Waals surface area contributed by atoms with Gasteiger partial charge in [-0.15, -0.1) is 0 Å². The molecule has 3 aliphatic carbocycles. The molecule has 32 heavy (non-hydrogen) atoms. The number of ether oxygens (including phenoxy) is 2. The van der Waals surface area contributed by atoms with Crippen molar-refractivity contribution >= 4 is 11.9 Å². The molecule has 0 aromatic heterocycles. The van der Waals surface area contributed by atoms with Gasteiger partial charge < -0.3 is 14.8 Å². The predicted molar refractivity (Wildman–Crippen MR) is 113 cm³/mol. The SMILES string of the molecule is COC1CCCC(C2Cc3ccc(OCC4CC4)cc3C23NC(=O)N(CC(F)F)C3=O)C1. The smallest absolute Gasteiger partial charge is 0.325 e. The molecule has 1 spiro atoms. The second kappa shape index (κ2) is 8.28. The Kier molecular flexibility index (Phi) is 5.60. The van der Waals surface area contributed by atoms with Gasteiger partial charge in [-0.25, -0.2) is 13.6 Å². The summed E-state index contributed by atoms with van der Waals surface area (Å²) in [7, 11) is 1.70. The molecule has 0 radical (unpaired) electrons. The van der Waals surface area contributed by atoms with E-state index in [-0.39, 0.29) is 17.9 Å². The van der Waals surface area contributed by atoms with E-state index in [9.17, 15) is 18.4 Å². The molecule has 174 valence electrons. The first-order chi connectivity index (χ1) is 15.4. The fourth-order valence-electron chi connectivity index (χ4n) is 5.89. The number of methoxy groups -OCH3 is 1. The van der Waals surface area contributed by atoms with Crippen LogP contribution in [0.3, 0.4) is 0 Å². The number of amides is 3. The zero-order chi connectivity index (χ0) is 22.5. The van der Waals surface area contributed by atoms with Crippen molar-refractivity contribution in [1.29, 1.82) is 0 Å². The normalized spacial score (nSPS) is 32.0. The molecule has 0 bridgehead atoms. The van der Waals surface area contributed by atoms with Gasteiger partial charge >= 0.3 is 6.03 Å². The Morgan fingerprint density at radius 1 is 1.22 bits per heavy atom. The zero-order valence-electron chi connectivity index (χ0n) is 18.3. The van der Waals surface area contributed by atoms with Crippen LogP contribution in [0.25, 0.3) is 0 Å². The third-order valence-electron chi connectivity index (χ3n) is 7.71. The molecule has 3 amide bonds. The van der Waals surface area contributed by atoms with Crippen molar-refractivity contribution in [3.63, 3.8) is 0 Å². The molecule has 4 aliphatic rings. The average Bonchev–Trinajstić information content (AvgIpc) is 3.52. The van der Waals surface area contributed by atoms with Crippen LogP contribution in [0.2, 0.25) is 0 Å². The summed E-state index contributed by atoms with van der Waals surface area (Å²) >= 11 is 0. The molecule has 5 rings (SSSR count). The lowest BCUT2D eigenvalue weighted by atomic mass is 9.69. The van der Waals surface area contributed by atoms with E-state index in [1.54, 1.807) is 7.11 Å². The summed E-state index contributed by atoms with van der Waals surface area (Å²) in [6.45, 7) is -0.261. The highest BCUT2D eigenvalue weighted by Gasteiger charge is 2.62. The van der Waals surface area contributed by atoms with E-state index in [0.29, 0.717) is 35.2 Å². The highest BCUT2D eigenvalue weighted by Crippen LogP contribution is 2.52. The van der Waals surface area contributed by atoms with Gasteiger partial charge in [-0.2, -0.15) is 0 Å². The lowest BCUT2D eigenvalue weighted by Crippen LogP contribution is -2.51. The number of hydrogen-bond donors (Lipinski definition) is 1. The lowest BCUT2D eigenvalue weighted by Gasteiger charge is -2.39. The van der Waals surface area contributed by atoms with Gasteiger partial charge in [-0.3, -0.25) is 9.69 Å². The van der Waals surface area contributed by atoms with E-state index in [4.69, 9.17) is 9.47 Å². The van der Waals surface area contributed by atoms with Gasteiger partial charge in [0.1, 0.15) is 5.75 Å². The number of nitrogens with zero attached hydrogens (tertiary/aromatic N) is 1. The molecular weight excluding hydrogens is 418 g/mol. The molecule has 8 heteroatoms. The van der Waals surface area contributed by atoms with Gasteiger partial charge in [-0.05, 0) is 73.6 Å². The van der Waals surface area contributed by atoms with Crippen LogP contribution in [-0.2, 0) is 21.5 Å². The van der Waals surface area contributed by atoms with Crippen molar-refractivity contribution < 1.29 is 27.8 Å². The minimum Gasteiger partial charge on any atom is -0.493 e. The number of carbonyl (C=O) groups excluding carboxylic acids is 2. The molecule has 3 fully saturated rings. The van der Waals surface area contributed by atoms with Crippen LogP contribution in [0.5, 0.6) is 5.75 Å². The Hall–Kier alpha value is -2.22. The van der Waals surface area contributed by atoms with Crippen LogP contribution in [0.15, 0.2) is 18.2 Å². The van der Waals surface area contributed by atoms with Crippen LogP contribution in [0.1, 0.15) is 49.7 Å². The molecule has 6 nitrogen and oxygen atoms in total. The average molecular weight is 449 g/mol. The summed E-state index contributed by atoms with van der Waals surface area (Å²) in [4.78, 5) is 27.1. The monoisotopic (exact) mass is 448 g/mol. The molecular formula is C24H30F2N2O4. The molecule has 1 saturated heterocycles. The number of carbonyl (C=O) groups is 2. The molecule has 1 heterocycles. The second-order valence-electron chi connectivity index (χ2n) is 9.71. The van der Waals surface area contributed by atoms with Crippen molar-refractivity contribution in [2.45, 2.75) is 63.0 Å². The van der Waals surface area contributed by atoms with Crippen molar-refractivity contribution in [1.82, 2.24) is 10.2 Å². The fourth-order valence-corrected chi connectivity index (χ4v) is 5.89. The standard InChI is InChI=1S/C24H30F2N2O4/c1-31-17-4-2-3-15(9-17)19-10-16-7-8-18(32-13-14-5-6-14)11-20(16)24(19)22(29)28(12-21(25)26)23(30)27-24/h7-8,11,14-15,17,19,21H,2-6,9-10,12-13H2,1H3,(H,27,30). The largest absolute Gasteiger partial charge is 0.493 e. The summed E-state index contributed by atoms with van der Waals surface area (Å²) < 4.78 is 37.9. The van der Waals surface area contributed by atoms with Crippen LogP contribution in [-0.4, -0.2) is 49.6 Å². The summed E-state index contributed by atoms with van der Waals surface area (Å²) in [5.41, 5.74) is 0.354. The van der Waals surface area contributed by atoms with Crippen LogP contribution in [0.4, 0.5) is 13.6 Å². The zero-order valence-corrected chi connectivity index (χ0v) is 18.3. The third-order valence-corrected chi connectivity index (χ3v) is 7.71. The number of hydrogen-bond acceptors (Lipinski definition) is 4. The number of urea groups is 1. The van der Waals surface area contributed by atoms with E-state index in [0.717, 1.165) is 44.1 Å². The maximum Gasteiger partial charge on any atom is 0.325 e. The molecule has 4 unspecified atom stereocenters. The van der Waals surface area contributed by atoms with Gasteiger partial charge in [0.05, 0.1) is 19.3 Å². The first-order valence-electron chi connectivity index (χ1n) is 11.6. The summed E-state index contributed by atoms with van der Waals surface area (Å²) in [6.07, 6.45) is 3.93. The number of fused-ring (bicyclic) bond motifs is 2. The Morgan fingerprint density at radius 3 is 2.75 bits per heavy atom. The van der Waals surface area contributed by atoms with Crippen molar-refractivity contribution in [2.24, 2.45) is 17.8 Å². The first kappa shape index (κ1) is 21.6. The van der Waals surface area contributed by atoms with E-state index < -0.39 is 30.4 Å². The second-order valence-corrected chi connectivity index (χ2v) is 9.71. The maximum atomic E-state index is 13.7. The number of nitrogens with one attached hydrogen (secondary N) is 1.